The molecule has 304 valence electrons. The SMILES string of the molecule is CCC(C)c1ccc2c(c1)c1cc(N(c3ccccc3)c3ccc(C4=Cc5c(c(-c6ccccc6)c6ccccc6c5-c5ccccc5)CC4C)cc3)ccc1n2-c1ccccc1. The Kier molecular flexibility index (Phi) is 9.85. The number of fused-ring (bicyclic) bond motifs is 5. The Morgan fingerprint density at radius 3 is 1.68 bits per heavy atom. The first-order valence-electron chi connectivity index (χ1n) is 22.5. The van der Waals surface area contributed by atoms with Gasteiger partial charge in [-0.1, -0.05) is 160 Å². The molecule has 2 nitrogen and oxygen atoms in total. The molecule has 0 N–H and O–H groups in total. The monoisotopic (exact) mass is 810 g/mol. The third-order valence-electron chi connectivity index (χ3n) is 13.5. The number of hydrogen-bond acceptors (Lipinski definition) is 1. The van der Waals surface area contributed by atoms with E-state index in [4.69, 9.17) is 0 Å². The maximum atomic E-state index is 2.51. The van der Waals surface area contributed by atoms with Gasteiger partial charge in [0, 0.05) is 33.5 Å². The quantitative estimate of drug-likeness (QED) is 0.141. The van der Waals surface area contributed by atoms with Crippen LogP contribution in [-0.4, -0.2) is 4.57 Å². The Labute approximate surface area is 371 Å². The number of anilines is 3. The van der Waals surface area contributed by atoms with Crippen LogP contribution in [-0.2, 0) is 6.42 Å². The molecule has 1 aromatic heterocycles. The van der Waals surface area contributed by atoms with E-state index in [1.54, 1.807) is 0 Å². The molecule has 0 saturated heterocycles. The average molecular weight is 811 g/mol. The Morgan fingerprint density at radius 2 is 1.03 bits per heavy atom. The fourth-order valence-electron chi connectivity index (χ4n) is 10.2. The summed E-state index contributed by atoms with van der Waals surface area (Å²) >= 11 is 0. The molecule has 63 heavy (non-hydrogen) atoms. The van der Waals surface area contributed by atoms with Gasteiger partial charge in [-0.3, -0.25) is 0 Å². The van der Waals surface area contributed by atoms with Gasteiger partial charge in [-0.2, -0.15) is 0 Å². The van der Waals surface area contributed by atoms with Crippen LogP contribution in [0.5, 0.6) is 0 Å². The van der Waals surface area contributed by atoms with E-state index in [1.807, 2.05) is 0 Å². The van der Waals surface area contributed by atoms with Crippen molar-refractivity contribution in [3.63, 3.8) is 0 Å². The van der Waals surface area contributed by atoms with Gasteiger partial charge < -0.3 is 9.47 Å². The van der Waals surface area contributed by atoms with Gasteiger partial charge in [-0.15, -0.1) is 0 Å². The lowest BCUT2D eigenvalue weighted by Gasteiger charge is -2.30. The number of aromatic nitrogens is 1. The zero-order valence-electron chi connectivity index (χ0n) is 36.2. The first-order valence-corrected chi connectivity index (χ1v) is 22.5. The van der Waals surface area contributed by atoms with Crippen molar-refractivity contribution in [3.8, 4) is 27.9 Å². The minimum Gasteiger partial charge on any atom is -0.310 e. The average Bonchev–Trinajstić information content (AvgIpc) is 3.67. The second kappa shape index (κ2) is 16.1. The lowest BCUT2D eigenvalue weighted by Crippen LogP contribution is -2.13. The predicted molar refractivity (Wildman–Crippen MR) is 270 cm³/mol. The van der Waals surface area contributed by atoms with Crippen LogP contribution in [0.25, 0.3) is 72.2 Å². The zero-order chi connectivity index (χ0) is 42.4. The number of hydrogen-bond donors (Lipinski definition) is 0. The van der Waals surface area contributed by atoms with Crippen molar-refractivity contribution < 1.29 is 0 Å². The van der Waals surface area contributed by atoms with Crippen LogP contribution < -0.4 is 4.90 Å². The van der Waals surface area contributed by atoms with Crippen molar-refractivity contribution in [1.82, 2.24) is 4.57 Å². The van der Waals surface area contributed by atoms with Crippen LogP contribution in [0.15, 0.2) is 206 Å². The van der Waals surface area contributed by atoms with Crippen LogP contribution in [0.4, 0.5) is 17.1 Å². The summed E-state index contributed by atoms with van der Waals surface area (Å²) in [4.78, 5) is 2.41. The van der Waals surface area contributed by atoms with E-state index in [0.717, 1.165) is 29.9 Å². The molecule has 2 unspecified atom stereocenters. The maximum Gasteiger partial charge on any atom is 0.0542 e. The molecule has 1 aliphatic carbocycles. The summed E-state index contributed by atoms with van der Waals surface area (Å²) in [5.41, 5.74) is 19.0. The fourth-order valence-corrected chi connectivity index (χ4v) is 10.2. The first-order chi connectivity index (χ1) is 31.1. The Hall–Kier alpha value is -7.42. The fraction of sp³-hybridized carbons (Fsp3) is 0.115. The van der Waals surface area contributed by atoms with Crippen molar-refractivity contribution >= 4 is 61.3 Å². The van der Waals surface area contributed by atoms with Crippen molar-refractivity contribution in [2.24, 2.45) is 5.92 Å². The number of allylic oxidation sites excluding steroid dienone is 1. The van der Waals surface area contributed by atoms with Gasteiger partial charge in [0.2, 0.25) is 0 Å². The molecule has 0 radical (unpaired) electrons. The molecule has 9 aromatic carbocycles. The third kappa shape index (κ3) is 6.74. The molecule has 0 spiro atoms. The summed E-state index contributed by atoms with van der Waals surface area (Å²) in [5.74, 6) is 0.809. The second-order valence-corrected chi connectivity index (χ2v) is 17.3. The Balaban J connectivity index is 1.06. The molecule has 10 aromatic rings. The van der Waals surface area contributed by atoms with E-state index in [1.165, 1.54) is 88.3 Å². The molecular formula is C61H50N2. The molecule has 0 bridgehead atoms. The van der Waals surface area contributed by atoms with E-state index in [0.29, 0.717) is 11.8 Å². The van der Waals surface area contributed by atoms with Crippen LogP contribution in [0.1, 0.15) is 55.4 Å². The van der Waals surface area contributed by atoms with Gasteiger partial charge in [0.1, 0.15) is 0 Å². The largest absolute Gasteiger partial charge is 0.310 e. The standard InChI is InChI=1S/C61H50N2/c1-4-41(2)46-31-35-58-54(38-46)55-39-50(34-36-59(55)63(58)48-25-15-8-16-26-48)62(47-23-13-7-14-24-47)49-32-29-43(30-33-49)53-40-57-56(37-42(53)3)60(44-19-9-5-10-20-44)51-27-17-18-28-52(51)61(57)45-21-11-6-12-22-45/h5-36,38-42H,4,37H2,1-3H3. The van der Waals surface area contributed by atoms with Crippen molar-refractivity contribution in [2.75, 3.05) is 4.90 Å². The molecule has 0 saturated carbocycles. The number of rotatable bonds is 9. The van der Waals surface area contributed by atoms with Gasteiger partial charge in [0.25, 0.3) is 0 Å². The van der Waals surface area contributed by atoms with E-state index in [9.17, 15) is 0 Å². The van der Waals surface area contributed by atoms with Gasteiger partial charge in [0.15, 0.2) is 0 Å². The molecule has 0 fully saturated rings. The summed E-state index contributed by atoms with van der Waals surface area (Å²) in [7, 11) is 0. The molecule has 1 aliphatic rings. The zero-order valence-corrected chi connectivity index (χ0v) is 36.2. The van der Waals surface area contributed by atoms with Crippen molar-refractivity contribution in [3.05, 3.63) is 229 Å². The lowest BCUT2D eigenvalue weighted by atomic mass is 9.74. The third-order valence-corrected chi connectivity index (χ3v) is 13.5. The van der Waals surface area contributed by atoms with Gasteiger partial charge >= 0.3 is 0 Å². The normalized spacial score (nSPS) is 14.1. The second-order valence-electron chi connectivity index (χ2n) is 17.3. The number of para-hydroxylation sites is 2. The van der Waals surface area contributed by atoms with Gasteiger partial charge in [-0.25, -0.2) is 0 Å². The smallest absolute Gasteiger partial charge is 0.0542 e. The molecule has 2 heteroatoms. The highest BCUT2D eigenvalue weighted by atomic mass is 15.1. The van der Waals surface area contributed by atoms with Crippen LogP contribution in [0, 0.1) is 5.92 Å². The Bertz CT molecular complexity index is 3290. The minimum absolute atomic E-state index is 0.325. The van der Waals surface area contributed by atoms with Gasteiger partial charge in [0.05, 0.1) is 11.0 Å². The topological polar surface area (TPSA) is 8.17 Å². The summed E-state index contributed by atoms with van der Waals surface area (Å²) in [6.07, 6.45) is 4.58. The van der Waals surface area contributed by atoms with E-state index >= 15 is 0 Å². The van der Waals surface area contributed by atoms with E-state index in [-0.39, 0.29) is 0 Å². The molecule has 2 atom stereocenters. The predicted octanol–water partition coefficient (Wildman–Crippen LogP) is 17.0. The summed E-state index contributed by atoms with van der Waals surface area (Å²) in [5, 5.41) is 5.15. The van der Waals surface area contributed by atoms with Crippen LogP contribution in [0.3, 0.4) is 0 Å². The minimum atomic E-state index is 0.325. The Morgan fingerprint density at radius 1 is 0.508 bits per heavy atom. The maximum absolute atomic E-state index is 2.51. The lowest BCUT2D eigenvalue weighted by molar-refractivity contribution is 0.735. The molecule has 11 rings (SSSR count). The molecule has 1 heterocycles. The van der Waals surface area contributed by atoms with Crippen LogP contribution in [0.2, 0.25) is 0 Å². The van der Waals surface area contributed by atoms with E-state index < -0.39 is 0 Å². The highest BCUT2D eigenvalue weighted by Crippen LogP contribution is 2.49. The van der Waals surface area contributed by atoms with Crippen molar-refractivity contribution in [2.45, 2.75) is 39.5 Å². The number of benzene rings is 9. The molecule has 0 aliphatic heterocycles. The highest BCUT2D eigenvalue weighted by Gasteiger charge is 2.28. The van der Waals surface area contributed by atoms with Crippen molar-refractivity contribution in [1.29, 1.82) is 0 Å². The van der Waals surface area contributed by atoms with Crippen LogP contribution >= 0.6 is 0 Å². The summed E-state index contributed by atoms with van der Waals surface area (Å²) in [6.45, 7) is 7.01. The summed E-state index contributed by atoms with van der Waals surface area (Å²) in [6, 6.07) is 76.0. The number of nitrogens with zero attached hydrogens (tertiary/aromatic N) is 2. The highest BCUT2D eigenvalue weighted by molar-refractivity contribution is 6.13. The molecule has 0 amide bonds. The van der Waals surface area contributed by atoms with Gasteiger partial charge in [-0.05, 0) is 158 Å². The molecular weight excluding hydrogens is 761 g/mol. The summed E-state index contributed by atoms with van der Waals surface area (Å²) < 4.78 is 2.42. The van der Waals surface area contributed by atoms with E-state index in [2.05, 4.69) is 243 Å². The first kappa shape index (κ1) is 38.5.